The maximum absolute atomic E-state index is 10.6. The Morgan fingerprint density at radius 3 is 3.08 bits per heavy atom. The van der Waals surface area contributed by atoms with Gasteiger partial charge in [0.25, 0.3) is 0 Å². The van der Waals surface area contributed by atoms with Gasteiger partial charge in [0.15, 0.2) is 0 Å². The number of thiazole rings is 1. The van der Waals surface area contributed by atoms with Crippen molar-refractivity contribution < 1.29 is 4.79 Å². The molecule has 2 amide bonds. The van der Waals surface area contributed by atoms with Gasteiger partial charge in [-0.2, -0.15) is 0 Å². The normalized spacial score (nSPS) is 12.4. The fraction of sp³-hybridized carbons (Fsp3) is 0.429. The average Bonchev–Trinajstić information content (AvgIpc) is 2.51. The quantitative estimate of drug-likeness (QED) is 0.744. The number of urea groups is 1. The Bertz CT molecular complexity index is 247. The minimum Gasteiger partial charge on any atom is -0.352 e. The first kappa shape index (κ1) is 8.99. The number of nitrogens with two attached hydrogens (primary N) is 1. The molecule has 0 bridgehead atoms. The summed E-state index contributed by atoms with van der Waals surface area (Å²) in [6, 6.07) is -0.542. The van der Waals surface area contributed by atoms with Crippen LogP contribution < -0.4 is 11.1 Å². The van der Waals surface area contributed by atoms with Crippen LogP contribution in [0.15, 0.2) is 11.6 Å². The number of rotatable bonds is 3. The zero-order valence-electron chi connectivity index (χ0n) is 6.78. The number of amides is 2. The van der Waals surface area contributed by atoms with Crippen molar-refractivity contribution in [2.24, 2.45) is 5.73 Å². The number of hydrogen-bond acceptors (Lipinski definition) is 3. The van der Waals surface area contributed by atoms with E-state index in [2.05, 4.69) is 10.3 Å². The van der Waals surface area contributed by atoms with Gasteiger partial charge < -0.3 is 11.1 Å². The molecule has 0 saturated carbocycles. The van der Waals surface area contributed by atoms with E-state index >= 15 is 0 Å². The van der Waals surface area contributed by atoms with Crippen molar-refractivity contribution in [1.29, 1.82) is 0 Å². The summed E-state index contributed by atoms with van der Waals surface area (Å²) in [5.74, 6) is 0. The van der Waals surface area contributed by atoms with Gasteiger partial charge in [0.2, 0.25) is 0 Å². The van der Waals surface area contributed by atoms with Crippen LogP contribution in [0.3, 0.4) is 0 Å². The molecule has 12 heavy (non-hydrogen) atoms. The van der Waals surface area contributed by atoms with Gasteiger partial charge in [-0.15, -0.1) is 11.3 Å². The number of nitrogens with one attached hydrogen (secondary N) is 1. The molecule has 1 atom stereocenters. The third-order valence-electron chi connectivity index (χ3n) is 1.47. The predicted octanol–water partition coefficient (Wildman–Crippen LogP) is 1.26. The second-order valence-electron chi connectivity index (χ2n) is 2.34. The van der Waals surface area contributed by atoms with Gasteiger partial charge in [-0.1, -0.05) is 6.92 Å². The monoisotopic (exact) mass is 185 g/mol. The molecule has 3 N–H and O–H groups in total. The number of hydrogen-bond donors (Lipinski definition) is 2. The van der Waals surface area contributed by atoms with Crippen LogP contribution in [-0.4, -0.2) is 11.0 Å². The largest absolute Gasteiger partial charge is 0.352 e. The number of carbonyl (C=O) groups excluding carboxylic acids is 1. The first-order chi connectivity index (χ1) is 5.74. The van der Waals surface area contributed by atoms with E-state index in [1.807, 2.05) is 12.3 Å². The highest BCUT2D eigenvalue weighted by atomic mass is 32.1. The fourth-order valence-corrected chi connectivity index (χ4v) is 1.69. The molecule has 1 aromatic rings. The van der Waals surface area contributed by atoms with E-state index in [4.69, 9.17) is 5.73 Å². The van der Waals surface area contributed by atoms with E-state index in [1.165, 1.54) is 11.3 Å². The standard InChI is InChI=1S/C7H11N3OS/c1-2-5(10-7(8)11)6-9-3-4-12-6/h3-5H,2H2,1H3,(H3,8,10,11). The molecule has 0 radical (unpaired) electrons. The second-order valence-corrected chi connectivity index (χ2v) is 3.27. The van der Waals surface area contributed by atoms with Crippen molar-refractivity contribution in [1.82, 2.24) is 10.3 Å². The van der Waals surface area contributed by atoms with Gasteiger partial charge in [-0.25, -0.2) is 9.78 Å². The zero-order valence-corrected chi connectivity index (χ0v) is 7.60. The maximum atomic E-state index is 10.6. The number of primary amides is 1. The van der Waals surface area contributed by atoms with Crippen LogP contribution in [0.1, 0.15) is 24.4 Å². The zero-order chi connectivity index (χ0) is 8.97. The van der Waals surface area contributed by atoms with Gasteiger partial charge in [0, 0.05) is 11.6 Å². The third kappa shape index (κ3) is 2.20. The molecular weight excluding hydrogens is 174 g/mol. The van der Waals surface area contributed by atoms with Crippen LogP contribution >= 0.6 is 11.3 Å². The molecule has 0 saturated heterocycles. The van der Waals surface area contributed by atoms with E-state index in [0.717, 1.165) is 11.4 Å². The van der Waals surface area contributed by atoms with Crippen molar-refractivity contribution in [3.05, 3.63) is 16.6 Å². The van der Waals surface area contributed by atoms with Crippen LogP contribution in [0.2, 0.25) is 0 Å². The first-order valence-corrected chi connectivity index (χ1v) is 4.57. The van der Waals surface area contributed by atoms with Gasteiger partial charge >= 0.3 is 6.03 Å². The first-order valence-electron chi connectivity index (χ1n) is 3.69. The van der Waals surface area contributed by atoms with E-state index < -0.39 is 6.03 Å². The topological polar surface area (TPSA) is 68.0 Å². The summed E-state index contributed by atoms with van der Waals surface area (Å²) in [5.41, 5.74) is 5.00. The van der Waals surface area contributed by atoms with E-state index in [9.17, 15) is 4.79 Å². The van der Waals surface area contributed by atoms with Crippen LogP contribution in [0, 0.1) is 0 Å². The van der Waals surface area contributed by atoms with Crippen LogP contribution in [0.25, 0.3) is 0 Å². The van der Waals surface area contributed by atoms with Crippen LogP contribution in [-0.2, 0) is 0 Å². The average molecular weight is 185 g/mol. The van der Waals surface area contributed by atoms with Gasteiger partial charge in [-0.05, 0) is 6.42 Å². The Kier molecular flexibility index (Phi) is 3.04. The summed E-state index contributed by atoms with van der Waals surface area (Å²) in [7, 11) is 0. The summed E-state index contributed by atoms with van der Waals surface area (Å²) in [4.78, 5) is 14.6. The van der Waals surface area contributed by atoms with Crippen LogP contribution in [0.5, 0.6) is 0 Å². The fourth-order valence-electron chi connectivity index (χ4n) is 0.917. The third-order valence-corrected chi connectivity index (χ3v) is 2.36. The van der Waals surface area contributed by atoms with E-state index in [-0.39, 0.29) is 6.04 Å². The lowest BCUT2D eigenvalue weighted by Crippen LogP contribution is -2.32. The predicted molar refractivity (Wildman–Crippen MR) is 47.9 cm³/mol. The Morgan fingerprint density at radius 1 is 1.92 bits per heavy atom. The summed E-state index contributed by atoms with van der Waals surface area (Å²) in [6.07, 6.45) is 2.52. The van der Waals surface area contributed by atoms with Gasteiger partial charge in [-0.3, -0.25) is 0 Å². The Labute approximate surface area is 74.8 Å². The molecule has 1 aromatic heterocycles. The lowest BCUT2D eigenvalue weighted by Gasteiger charge is -2.11. The molecule has 1 rings (SSSR count). The summed E-state index contributed by atoms with van der Waals surface area (Å²) in [6.45, 7) is 1.97. The second kappa shape index (κ2) is 4.06. The number of nitrogens with zero attached hydrogens (tertiary/aromatic N) is 1. The molecule has 66 valence electrons. The lowest BCUT2D eigenvalue weighted by atomic mass is 10.2. The summed E-state index contributed by atoms with van der Waals surface area (Å²) >= 11 is 1.52. The molecule has 0 aliphatic carbocycles. The molecule has 1 heterocycles. The Morgan fingerprint density at radius 2 is 2.67 bits per heavy atom. The molecule has 0 aliphatic rings. The highest BCUT2D eigenvalue weighted by Crippen LogP contribution is 2.17. The van der Waals surface area contributed by atoms with Crippen molar-refractivity contribution in [2.75, 3.05) is 0 Å². The highest BCUT2D eigenvalue weighted by molar-refractivity contribution is 7.09. The minimum absolute atomic E-state index is 0.0394. The minimum atomic E-state index is -0.503. The smallest absolute Gasteiger partial charge is 0.312 e. The number of carbonyl (C=O) groups is 1. The van der Waals surface area contributed by atoms with Crippen LogP contribution in [0.4, 0.5) is 4.79 Å². The molecule has 0 aromatic carbocycles. The van der Waals surface area contributed by atoms with Gasteiger partial charge in [0.05, 0.1) is 6.04 Å². The Balaban J connectivity index is 2.63. The van der Waals surface area contributed by atoms with Crippen molar-refractivity contribution in [2.45, 2.75) is 19.4 Å². The SMILES string of the molecule is CCC(NC(N)=O)c1nccs1. The van der Waals surface area contributed by atoms with E-state index in [1.54, 1.807) is 6.20 Å². The molecular formula is C7H11N3OS. The van der Waals surface area contributed by atoms with E-state index in [0.29, 0.717) is 0 Å². The lowest BCUT2D eigenvalue weighted by molar-refractivity contribution is 0.245. The van der Waals surface area contributed by atoms with Crippen molar-refractivity contribution in [3.63, 3.8) is 0 Å². The number of aromatic nitrogens is 1. The summed E-state index contributed by atoms with van der Waals surface area (Å²) < 4.78 is 0. The maximum Gasteiger partial charge on any atom is 0.312 e. The Hall–Kier alpha value is -1.10. The van der Waals surface area contributed by atoms with Crippen molar-refractivity contribution in [3.8, 4) is 0 Å². The molecule has 1 unspecified atom stereocenters. The molecule has 0 spiro atoms. The highest BCUT2D eigenvalue weighted by Gasteiger charge is 2.12. The molecule has 5 heteroatoms. The molecule has 0 fully saturated rings. The van der Waals surface area contributed by atoms with Crippen molar-refractivity contribution >= 4 is 17.4 Å². The molecule has 0 aliphatic heterocycles. The molecule has 4 nitrogen and oxygen atoms in total. The summed E-state index contributed by atoms with van der Waals surface area (Å²) in [5, 5.41) is 5.39. The van der Waals surface area contributed by atoms with Gasteiger partial charge in [0.1, 0.15) is 5.01 Å².